The molecule has 0 unspecified atom stereocenters. The van der Waals surface area contributed by atoms with Gasteiger partial charge >= 0.3 is 5.97 Å². The molecule has 0 radical (unpaired) electrons. The lowest BCUT2D eigenvalue weighted by atomic mass is 10.0. The minimum absolute atomic E-state index is 0.125. The van der Waals surface area contributed by atoms with E-state index in [9.17, 15) is 9.59 Å². The molecule has 0 saturated heterocycles. The van der Waals surface area contributed by atoms with Gasteiger partial charge in [-0.1, -0.05) is 6.92 Å². The van der Waals surface area contributed by atoms with Crippen molar-refractivity contribution < 1.29 is 14.7 Å². The normalized spacial score (nSPS) is 11.2. The van der Waals surface area contributed by atoms with E-state index in [-0.39, 0.29) is 11.5 Å². The molecule has 1 aromatic rings. The van der Waals surface area contributed by atoms with Crippen LogP contribution in [0.25, 0.3) is 0 Å². The van der Waals surface area contributed by atoms with Crippen LogP contribution < -0.4 is 10.6 Å². The van der Waals surface area contributed by atoms with Gasteiger partial charge in [-0.2, -0.15) is 0 Å². The maximum Gasteiger partial charge on any atom is 0.335 e. The molecular formula is C13H17BrN2O3. The number of hydrogen-bond acceptors (Lipinski definition) is 3. The third-order valence-electron chi connectivity index (χ3n) is 2.65. The Hall–Kier alpha value is -1.40. The largest absolute Gasteiger partial charge is 0.478 e. The maximum absolute atomic E-state index is 12.1. The number of rotatable bonds is 5. The molecule has 5 nitrogen and oxygen atoms in total. The van der Waals surface area contributed by atoms with E-state index in [2.05, 4.69) is 26.6 Å². The molecule has 104 valence electrons. The molecule has 0 fully saturated rings. The average Bonchev–Trinajstić information content (AvgIpc) is 2.31. The van der Waals surface area contributed by atoms with Crippen molar-refractivity contribution in [3.05, 3.63) is 28.2 Å². The Balaban J connectivity index is 2.96. The Morgan fingerprint density at radius 1 is 1.37 bits per heavy atom. The van der Waals surface area contributed by atoms with E-state index in [4.69, 9.17) is 5.11 Å². The fourth-order valence-corrected chi connectivity index (χ4v) is 1.90. The first-order valence-corrected chi connectivity index (χ1v) is 6.66. The molecule has 1 amide bonds. The first kappa shape index (κ1) is 15.7. The Bertz CT molecular complexity index is 501. The predicted octanol–water partition coefficient (Wildman–Crippen LogP) is 2.47. The number of amides is 1. The number of aromatic carboxylic acids is 1. The van der Waals surface area contributed by atoms with Crippen LogP contribution in [0.5, 0.6) is 0 Å². The molecule has 0 aromatic heterocycles. The van der Waals surface area contributed by atoms with Crippen LogP contribution in [-0.4, -0.2) is 29.1 Å². The van der Waals surface area contributed by atoms with E-state index in [1.165, 1.54) is 12.1 Å². The molecule has 0 bridgehead atoms. The lowest BCUT2D eigenvalue weighted by Crippen LogP contribution is -2.49. The zero-order valence-corrected chi connectivity index (χ0v) is 12.7. The van der Waals surface area contributed by atoms with Gasteiger partial charge in [0.25, 0.3) is 0 Å². The van der Waals surface area contributed by atoms with Crippen molar-refractivity contribution in [2.45, 2.75) is 26.3 Å². The lowest BCUT2D eigenvalue weighted by Gasteiger charge is -2.24. The van der Waals surface area contributed by atoms with Crippen LogP contribution in [-0.2, 0) is 4.79 Å². The Morgan fingerprint density at radius 3 is 2.53 bits per heavy atom. The number of carbonyl (C=O) groups is 2. The van der Waals surface area contributed by atoms with Crippen molar-refractivity contribution in [2.24, 2.45) is 0 Å². The van der Waals surface area contributed by atoms with Crippen LogP contribution in [0.4, 0.5) is 5.69 Å². The predicted molar refractivity (Wildman–Crippen MR) is 77.5 cm³/mol. The van der Waals surface area contributed by atoms with Gasteiger partial charge in [0.15, 0.2) is 0 Å². The molecule has 0 aliphatic carbocycles. The standard InChI is InChI=1S/C13H17BrN2O3/c1-4-15-13(2,3)12(19)16-10-7-8(11(17)18)5-6-9(10)14/h5-7,15H,4H2,1-3H3,(H,16,19)(H,17,18). The van der Waals surface area contributed by atoms with Crippen molar-refractivity contribution in [3.63, 3.8) is 0 Å². The van der Waals surface area contributed by atoms with E-state index in [0.29, 0.717) is 16.7 Å². The van der Waals surface area contributed by atoms with Crippen molar-refractivity contribution >= 4 is 33.5 Å². The van der Waals surface area contributed by atoms with Gasteiger partial charge in [0.05, 0.1) is 16.8 Å². The van der Waals surface area contributed by atoms with Crippen LogP contribution in [0, 0.1) is 0 Å². The number of carboxylic acids is 1. The van der Waals surface area contributed by atoms with Gasteiger partial charge in [0, 0.05) is 4.47 Å². The van der Waals surface area contributed by atoms with Crippen LogP contribution in [0.3, 0.4) is 0 Å². The lowest BCUT2D eigenvalue weighted by molar-refractivity contribution is -0.121. The van der Waals surface area contributed by atoms with Crippen molar-refractivity contribution in [3.8, 4) is 0 Å². The summed E-state index contributed by atoms with van der Waals surface area (Å²) < 4.78 is 0.637. The summed E-state index contributed by atoms with van der Waals surface area (Å²) in [6, 6.07) is 4.49. The molecule has 0 atom stereocenters. The Labute approximate surface area is 120 Å². The molecule has 1 rings (SSSR count). The van der Waals surface area contributed by atoms with Gasteiger partial charge in [-0.05, 0) is 54.5 Å². The van der Waals surface area contributed by atoms with E-state index in [1.807, 2.05) is 6.92 Å². The Kier molecular flexibility index (Phi) is 5.08. The molecule has 19 heavy (non-hydrogen) atoms. The fraction of sp³-hybridized carbons (Fsp3) is 0.385. The highest BCUT2D eigenvalue weighted by atomic mass is 79.9. The van der Waals surface area contributed by atoms with Crippen molar-refractivity contribution in [1.29, 1.82) is 0 Å². The highest BCUT2D eigenvalue weighted by Gasteiger charge is 2.26. The molecule has 0 spiro atoms. The van der Waals surface area contributed by atoms with E-state index < -0.39 is 11.5 Å². The van der Waals surface area contributed by atoms with Gasteiger partial charge < -0.3 is 15.7 Å². The molecule has 0 heterocycles. The molecule has 0 aliphatic rings. The average molecular weight is 329 g/mol. The van der Waals surface area contributed by atoms with E-state index >= 15 is 0 Å². The summed E-state index contributed by atoms with van der Waals surface area (Å²) in [6.45, 7) is 6.11. The highest BCUT2D eigenvalue weighted by molar-refractivity contribution is 9.10. The number of anilines is 1. The topological polar surface area (TPSA) is 78.4 Å². The number of benzene rings is 1. The smallest absolute Gasteiger partial charge is 0.335 e. The Morgan fingerprint density at radius 2 is 2.00 bits per heavy atom. The molecular weight excluding hydrogens is 312 g/mol. The molecule has 6 heteroatoms. The first-order valence-electron chi connectivity index (χ1n) is 5.87. The molecule has 0 saturated carbocycles. The molecule has 1 aromatic carbocycles. The van der Waals surface area contributed by atoms with Crippen LogP contribution in [0.1, 0.15) is 31.1 Å². The quantitative estimate of drug-likeness (QED) is 0.775. The van der Waals surface area contributed by atoms with Gasteiger partial charge in [0.2, 0.25) is 5.91 Å². The number of carbonyl (C=O) groups excluding carboxylic acids is 1. The number of likely N-dealkylation sites (N-methyl/N-ethyl adjacent to an activating group) is 1. The zero-order chi connectivity index (χ0) is 14.6. The molecule has 3 N–H and O–H groups in total. The second kappa shape index (κ2) is 6.16. The summed E-state index contributed by atoms with van der Waals surface area (Å²) in [5.41, 5.74) is -0.163. The second-order valence-corrected chi connectivity index (χ2v) is 5.46. The fourth-order valence-electron chi connectivity index (χ4n) is 1.55. The van der Waals surface area contributed by atoms with Gasteiger partial charge in [-0.3, -0.25) is 4.79 Å². The second-order valence-electron chi connectivity index (χ2n) is 4.61. The summed E-state index contributed by atoms with van der Waals surface area (Å²) in [6.07, 6.45) is 0. The number of nitrogens with one attached hydrogen (secondary N) is 2. The summed E-state index contributed by atoms with van der Waals surface area (Å²) in [5.74, 6) is -1.26. The number of halogens is 1. The van der Waals surface area contributed by atoms with Gasteiger partial charge in [0.1, 0.15) is 0 Å². The maximum atomic E-state index is 12.1. The van der Waals surface area contributed by atoms with Gasteiger partial charge in [-0.15, -0.1) is 0 Å². The summed E-state index contributed by atoms with van der Waals surface area (Å²) in [7, 11) is 0. The molecule has 0 aliphatic heterocycles. The highest BCUT2D eigenvalue weighted by Crippen LogP contribution is 2.24. The minimum atomic E-state index is -1.03. The first-order chi connectivity index (χ1) is 8.77. The zero-order valence-electron chi connectivity index (χ0n) is 11.1. The van der Waals surface area contributed by atoms with Crippen molar-refractivity contribution in [1.82, 2.24) is 5.32 Å². The number of carboxylic acid groups (broad SMARTS) is 1. The van der Waals surface area contributed by atoms with E-state index in [1.54, 1.807) is 19.9 Å². The SMILES string of the molecule is CCNC(C)(C)C(=O)Nc1cc(C(=O)O)ccc1Br. The van der Waals surface area contributed by atoms with Crippen LogP contribution >= 0.6 is 15.9 Å². The third-order valence-corrected chi connectivity index (χ3v) is 3.34. The van der Waals surface area contributed by atoms with Crippen LogP contribution in [0.2, 0.25) is 0 Å². The van der Waals surface area contributed by atoms with Crippen molar-refractivity contribution in [2.75, 3.05) is 11.9 Å². The summed E-state index contributed by atoms with van der Waals surface area (Å²) in [4.78, 5) is 23.0. The third kappa shape index (κ3) is 4.04. The van der Waals surface area contributed by atoms with Gasteiger partial charge in [-0.25, -0.2) is 4.79 Å². The van der Waals surface area contributed by atoms with E-state index in [0.717, 1.165) is 0 Å². The minimum Gasteiger partial charge on any atom is -0.478 e. The summed E-state index contributed by atoms with van der Waals surface area (Å²) >= 11 is 3.29. The monoisotopic (exact) mass is 328 g/mol. The number of hydrogen-bond donors (Lipinski definition) is 3. The summed E-state index contributed by atoms with van der Waals surface area (Å²) in [5, 5.41) is 14.7. The van der Waals surface area contributed by atoms with Crippen LogP contribution in [0.15, 0.2) is 22.7 Å².